The van der Waals surface area contributed by atoms with Gasteiger partial charge in [0.1, 0.15) is 10.6 Å². The van der Waals surface area contributed by atoms with Gasteiger partial charge in [-0.3, -0.25) is 4.79 Å². The molecule has 0 aliphatic rings. The van der Waals surface area contributed by atoms with E-state index in [4.69, 9.17) is 15.2 Å². The number of carbonyl (C=O) groups excluding carboxylic acids is 1. The Morgan fingerprint density at radius 2 is 2.22 bits per heavy atom. The van der Waals surface area contributed by atoms with Gasteiger partial charge in [0.25, 0.3) is 5.91 Å². The molecule has 2 N–H and O–H groups in total. The van der Waals surface area contributed by atoms with Crippen LogP contribution in [0.25, 0.3) is 10.1 Å². The van der Waals surface area contributed by atoms with E-state index in [-0.39, 0.29) is 0 Å². The molecule has 2 rings (SSSR count). The molecule has 0 aliphatic heterocycles. The van der Waals surface area contributed by atoms with E-state index in [1.807, 2.05) is 25.1 Å². The third kappa shape index (κ3) is 2.26. The summed E-state index contributed by atoms with van der Waals surface area (Å²) in [4.78, 5) is 11.9. The van der Waals surface area contributed by atoms with Crippen LogP contribution in [0.2, 0.25) is 0 Å². The number of methoxy groups -OCH3 is 1. The number of carbonyl (C=O) groups is 1. The molecule has 5 heteroatoms. The molecule has 2 aromatic rings. The topological polar surface area (TPSA) is 61.5 Å². The van der Waals surface area contributed by atoms with E-state index in [0.717, 1.165) is 22.3 Å². The summed E-state index contributed by atoms with van der Waals surface area (Å²) in [6.07, 6.45) is 0.875. The summed E-state index contributed by atoms with van der Waals surface area (Å²) < 4.78 is 11.8. The Bertz CT molecular complexity index is 577. The standard InChI is InChI=1S/C13H15NO3S/c1-3-6-17-11-9-7-8(16-2)4-5-10(9)18-12(11)13(14)15/h4-5,7H,3,6H2,1-2H3,(H2,14,15). The molecule has 1 heterocycles. The lowest BCUT2D eigenvalue weighted by Gasteiger charge is -2.05. The van der Waals surface area contributed by atoms with Crippen LogP contribution < -0.4 is 15.2 Å². The van der Waals surface area contributed by atoms with Crippen molar-refractivity contribution in [2.75, 3.05) is 13.7 Å². The second kappa shape index (κ2) is 5.27. The molecule has 1 aromatic carbocycles. The van der Waals surface area contributed by atoms with Crippen molar-refractivity contribution in [3.05, 3.63) is 23.1 Å². The molecule has 0 spiro atoms. The highest BCUT2D eigenvalue weighted by atomic mass is 32.1. The Morgan fingerprint density at radius 1 is 1.44 bits per heavy atom. The minimum absolute atomic E-state index is 0.457. The fourth-order valence-electron chi connectivity index (χ4n) is 1.69. The molecule has 0 aliphatic carbocycles. The first kappa shape index (κ1) is 12.7. The molecule has 0 atom stereocenters. The van der Waals surface area contributed by atoms with Gasteiger partial charge in [-0.2, -0.15) is 0 Å². The minimum Gasteiger partial charge on any atom is -0.497 e. The van der Waals surface area contributed by atoms with Crippen LogP contribution in [0.3, 0.4) is 0 Å². The van der Waals surface area contributed by atoms with Gasteiger partial charge in [0.2, 0.25) is 0 Å². The van der Waals surface area contributed by atoms with Gasteiger partial charge in [-0.05, 0) is 24.6 Å². The molecule has 0 fully saturated rings. The Hall–Kier alpha value is -1.75. The van der Waals surface area contributed by atoms with Crippen molar-refractivity contribution < 1.29 is 14.3 Å². The number of primary amides is 1. The monoisotopic (exact) mass is 265 g/mol. The van der Waals surface area contributed by atoms with Gasteiger partial charge in [-0.15, -0.1) is 11.3 Å². The van der Waals surface area contributed by atoms with Crippen molar-refractivity contribution in [1.82, 2.24) is 0 Å². The zero-order chi connectivity index (χ0) is 13.1. The molecule has 96 valence electrons. The fraction of sp³-hybridized carbons (Fsp3) is 0.308. The van der Waals surface area contributed by atoms with Gasteiger partial charge in [0.15, 0.2) is 5.75 Å². The van der Waals surface area contributed by atoms with Crippen LogP contribution >= 0.6 is 11.3 Å². The first-order chi connectivity index (χ1) is 8.67. The number of hydrogen-bond donors (Lipinski definition) is 1. The average Bonchev–Trinajstić information content (AvgIpc) is 2.74. The number of thiophene rings is 1. The highest BCUT2D eigenvalue weighted by molar-refractivity contribution is 7.21. The summed E-state index contributed by atoms with van der Waals surface area (Å²) in [7, 11) is 1.61. The molecule has 1 amide bonds. The van der Waals surface area contributed by atoms with Gasteiger partial charge in [0.05, 0.1) is 13.7 Å². The number of fused-ring (bicyclic) bond motifs is 1. The lowest BCUT2D eigenvalue weighted by molar-refractivity contribution is 0.100. The van der Waals surface area contributed by atoms with Crippen molar-refractivity contribution in [3.8, 4) is 11.5 Å². The van der Waals surface area contributed by atoms with E-state index in [1.54, 1.807) is 7.11 Å². The number of amides is 1. The largest absolute Gasteiger partial charge is 0.497 e. The molecule has 4 nitrogen and oxygen atoms in total. The van der Waals surface area contributed by atoms with Gasteiger partial charge < -0.3 is 15.2 Å². The first-order valence-electron chi connectivity index (χ1n) is 5.70. The summed E-state index contributed by atoms with van der Waals surface area (Å²) in [5.74, 6) is 0.849. The van der Waals surface area contributed by atoms with E-state index in [9.17, 15) is 4.79 Å². The summed E-state index contributed by atoms with van der Waals surface area (Å²) in [6, 6.07) is 5.63. The number of benzene rings is 1. The number of ether oxygens (including phenoxy) is 2. The minimum atomic E-state index is -0.457. The molecule has 0 saturated heterocycles. The predicted molar refractivity (Wildman–Crippen MR) is 72.7 cm³/mol. The van der Waals surface area contributed by atoms with Crippen LogP contribution in [-0.4, -0.2) is 19.6 Å². The van der Waals surface area contributed by atoms with Crippen molar-refractivity contribution in [3.63, 3.8) is 0 Å². The smallest absolute Gasteiger partial charge is 0.262 e. The van der Waals surface area contributed by atoms with E-state index >= 15 is 0 Å². The Morgan fingerprint density at radius 3 is 2.83 bits per heavy atom. The summed E-state index contributed by atoms with van der Waals surface area (Å²) in [6.45, 7) is 2.57. The van der Waals surface area contributed by atoms with E-state index in [0.29, 0.717) is 17.2 Å². The second-order valence-electron chi connectivity index (χ2n) is 3.84. The highest BCUT2D eigenvalue weighted by Gasteiger charge is 2.18. The number of nitrogens with two attached hydrogens (primary N) is 1. The van der Waals surface area contributed by atoms with E-state index in [1.165, 1.54) is 11.3 Å². The van der Waals surface area contributed by atoms with Crippen molar-refractivity contribution in [2.24, 2.45) is 5.73 Å². The molecule has 0 radical (unpaired) electrons. The van der Waals surface area contributed by atoms with Crippen molar-refractivity contribution >= 4 is 27.3 Å². The SMILES string of the molecule is CCCOc1c(C(N)=O)sc2ccc(OC)cc12. The summed E-state index contributed by atoms with van der Waals surface area (Å²) >= 11 is 1.35. The quantitative estimate of drug-likeness (QED) is 0.904. The van der Waals surface area contributed by atoms with Crippen LogP contribution in [0.4, 0.5) is 0 Å². The zero-order valence-corrected chi connectivity index (χ0v) is 11.2. The van der Waals surface area contributed by atoms with Crippen LogP contribution in [0.5, 0.6) is 11.5 Å². The van der Waals surface area contributed by atoms with Crippen LogP contribution in [-0.2, 0) is 0 Å². The van der Waals surface area contributed by atoms with Crippen molar-refractivity contribution in [2.45, 2.75) is 13.3 Å². The van der Waals surface area contributed by atoms with Gasteiger partial charge in [0, 0.05) is 10.1 Å². The summed E-state index contributed by atoms with van der Waals surface area (Å²) in [5, 5.41) is 0.876. The molecule has 0 saturated carbocycles. The predicted octanol–water partition coefficient (Wildman–Crippen LogP) is 2.80. The van der Waals surface area contributed by atoms with Gasteiger partial charge in [-0.25, -0.2) is 0 Å². The molecule has 0 bridgehead atoms. The zero-order valence-electron chi connectivity index (χ0n) is 10.4. The van der Waals surface area contributed by atoms with E-state index < -0.39 is 5.91 Å². The Balaban J connectivity index is 2.58. The molecule has 0 unspecified atom stereocenters. The maximum atomic E-state index is 11.4. The third-order valence-corrected chi connectivity index (χ3v) is 3.69. The summed E-state index contributed by atoms with van der Waals surface area (Å²) in [5.41, 5.74) is 5.38. The van der Waals surface area contributed by atoms with Crippen molar-refractivity contribution in [1.29, 1.82) is 0 Å². The molecule has 1 aromatic heterocycles. The number of hydrogen-bond acceptors (Lipinski definition) is 4. The lowest BCUT2D eigenvalue weighted by atomic mass is 10.2. The Labute approximate surface area is 109 Å². The van der Waals surface area contributed by atoms with Crippen LogP contribution in [0.15, 0.2) is 18.2 Å². The first-order valence-corrected chi connectivity index (χ1v) is 6.52. The van der Waals surface area contributed by atoms with E-state index in [2.05, 4.69) is 0 Å². The third-order valence-electron chi connectivity index (χ3n) is 2.52. The maximum absolute atomic E-state index is 11.4. The maximum Gasteiger partial charge on any atom is 0.262 e. The molecular formula is C13H15NO3S. The average molecular weight is 265 g/mol. The fourth-order valence-corrected chi connectivity index (χ4v) is 2.67. The molecular weight excluding hydrogens is 250 g/mol. The second-order valence-corrected chi connectivity index (χ2v) is 4.89. The molecule has 18 heavy (non-hydrogen) atoms. The van der Waals surface area contributed by atoms with Gasteiger partial charge in [-0.1, -0.05) is 6.92 Å². The van der Waals surface area contributed by atoms with Gasteiger partial charge >= 0.3 is 0 Å². The van der Waals surface area contributed by atoms with Crippen LogP contribution in [0.1, 0.15) is 23.0 Å². The van der Waals surface area contributed by atoms with Crippen LogP contribution in [0, 0.1) is 0 Å². The highest BCUT2D eigenvalue weighted by Crippen LogP contribution is 2.39. The number of rotatable bonds is 5. The Kier molecular flexibility index (Phi) is 3.72. The lowest BCUT2D eigenvalue weighted by Crippen LogP contribution is -2.10. The normalized spacial score (nSPS) is 10.6.